The van der Waals surface area contributed by atoms with Gasteiger partial charge in [-0.25, -0.2) is 9.18 Å². The van der Waals surface area contributed by atoms with E-state index in [1.54, 1.807) is 13.0 Å². The van der Waals surface area contributed by atoms with Gasteiger partial charge in [-0.3, -0.25) is 0 Å². The second kappa shape index (κ2) is 7.56. The Kier molecular flexibility index (Phi) is 6.38. The Balaban J connectivity index is 2.70. The number of carbonyl (C=O) groups is 1. The van der Waals surface area contributed by atoms with Crippen LogP contribution in [0.1, 0.15) is 13.3 Å². The highest BCUT2D eigenvalue weighted by atomic mass is 79.9. The molecule has 0 saturated carbocycles. The van der Waals surface area contributed by atoms with Crippen LogP contribution in [0, 0.1) is 5.82 Å². The van der Waals surface area contributed by atoms with Gasteiger partial charge in [0.1, 0.15) is 5.82 Å². The third-order valence-electron chi connectivity index (χ3n) is 2.66. The number of aliphatic hydroxyl groups excluding tert-OH is 1. The van der Waals surface area contributed by atoms with Crippen LogP contribution in [0.3, 0.4) is 0 Å². The molecule has 0 unspecified atom stereocenters. The summed E-state index contributed by atoms with van der Waals surface area (Å²) in [6.07, 6.45) is 0.348. The van der Waals surface area contributed by atoms with Gasteiger partial charge in [0.15, 0.2) is 0 Å². The quantitative estimate of drug-likeness (QED) is 0.739. The molecule has 1 rings (SSSR count). The van der Waals surface area contributed by atoms with Gasteiger partial charge in [0.25, 0.3) is 0 Å². The third kappa shape index (κ3) is 5.44. The van der Waals surface area contributed by atoms with Crippen molar-refractivity contribution in [2.75, 3.05) is 25.6 Å². The summed E-state index contributed by atoms with van der Waals surface area (Å²) in [5, 5.41) is 14.3. The summed E-state index contributed by atoms with van der Waals surface area (Å²) in [6.45, 7) is 1.94. The normalized spacial score (nSPS) is 13.7. The molecular formula is C13H18BrFN2O3. The van der Waals surface area contributed by atoms with E-state index in [1.807, 2.05) is 0 Å². The molecule has 0 saturated heterocycles. The van der Waals surface area contributed by atoms with Gasteiger partial charge in [0.05, 0.1) is 12.1 Å². The summed E-state index contributed by atoms with van der Waals surface area (Å²) < 4.78 is 18.8. The zero-order valence-electron chi connectivity index (χ0n) is 11.4. The first kappa shape index (κ1) is 16.9. The molecule has 0 heterocycles. The van der Waals surface area contributed by atoms with E-state index in [-0.39, 0.29) is 13.2 Å². The second-order valence-electron chi connectivity index (χ2n) is 4.70. The zero-order chi connectivity index (χ0) is 15.2. The fraction of sp³-hybridized carbons (Fsp3) is 0.462. The van der Waals surface area contributed by atoms with Gasteiger partial charge in [-0.05, 0) is 31.5 Å². The van der Waals surface area contributed by atoms with Crippen LogP contribution in [-0.4, -0.2) is 37.0 Å². The van der Waals surface area contributed by atoms with Crippen molar-refractivity contribution in [3.8, 4) is 0 Å². The Hall–Kier alpha value is -1.18. The molecule has 0 fully saturated rings. The van der Waals surface area contributed by atoms with Crippen LogP contribution in [0.4, 0.5) is 14.9 Å². The molecular weight excluding hydrogens is 331 g/mol. The molecule has 0 aliphatic carbocycles. The standard InChI is InChI=1S/C13H18BrFN2O3/c1-13(3-4-18,8-20-2)17-12(19)16-11-6-9(14)5-10(15)7-11/h5-7,18H,3-4,8H2,1-2H3,(H2,16,17,19)/t13-/m0/s1. The van der Waals surface area contributed by atoms with Crippen molar-refractivity contribution in [1.29, 1.82) is 0 Å². The van der Waals surface area contributed by atoms with Crippen LogP contribution in [0.15, 0.2) is 22.7 Å². The Bertz CT molecular complexity index is 445. The number of methoxy groups -OCH3 is 1. The number of anilines is 1. The summed E-state index contributed by atoms with van der Waals surface area (Å²) in [5.41, 5.74) is -0.365. The minimum Gasteiger partial charge on any atom is -0.396 e. The lowest BCUT2D eigenvalue weighted by atomic mass is 10.00. The fourth-order valence-corrected chi connectivity index (χ4v) is 2.26. The number of urea groups is 1. The molecule has 0 aromatic heterocycles. The van der Waals surface area contributed by atoms with Crippen molar-refractivity contribution < 1.29 is 19.0 Å². The summed E-state index contributed by atoms with van der Waals surface area (Å²) in [7, 11) is 1.51. The number of carbonyl (C=O) groups excluding carboxylic acids is 1. The number of hydrogen-bond acceptors (Lipinski definition) is 3. The number of benzene rings is 1. The Labute approximate surface area is 125 Å². The van der Waals surface area contributed by atoms with Crippen molar-refractivity contribution in [2.24, 2.45) is 0 Å². The number of aliphatic hydroxyl groups is 1. The van der Waals surface area contributed by atoms with Crippen LogP contribution in [0.5, 0.6) is 0 Å². The highest BCUT2D eigenvalue weighted by Gasteiger charge is 2.25. The van der Waals surface area contributed by atoms with Crippen molar-refractivity contribution >= 4 is 27.6 Å². The minimum atomic E-state index is -0.696. The van der Waals surface area contributed by atoms with Crippen molar-refractivity contribution in [3.05, 3.63) is 28.5 Å². The lowest BCUT2D eigenvalue weighted by molar-refractivity contribution is 0.104. The van der Waals surface area contributed by atoms with E-state index in [1.165, 1.54) is 19.2 Å². The largest absolute Gasteiger partial charge is 0.396 e. The number of amides is 2. The number of nitrogens with one attached hydrogen (secondary N) is 2. The summed E-state index contributed by atoms with van der Waals surface area (Å²) >= 11 is 3.15. The lowest BCUT2D eigenvalue weighted by Crippen LogP contribution is -2.51. The highest BCUT2D eigenvalue weighted by Crippen LogP contribution is 2.19. The molecule has 0 spiro atoms. The summed E-state index contributed by atoms with van der Waals surface area (Å²) in [4.78, 5) is 11.9. The molecule has 0 aliphatic rings. The van der Waals surface area contributed by atoms with Gasteiger partial charge in [0, 0.05) is 23.9 Å². The molecule has 20 heavy (non-hydrogen) atoms. The molecule has 7 heteroatoms. The second-order valence-corrected chi connectivity index (χ2v) is 5.62. The molecule has 2 amide bonds. The predicted molar refractivity (Wildman–Crippen MR) is 78.2 cm³/mol. The summed E-state index contributed by atoms with van der Waals surface area (Å²) in [5.74, 6) is -0.454. The van der Waals surface area contributed by atoms with Gasteiger partial charge in [-0.2, -0.15) is 0 Å². The Morgan fingerprint density at radius 1 is 1.50 bits per heavy atom. The molecule has 1 aromatic rings. The van der Waals surface area contributed by atoms with Crippen molar-refractivity contribution in [2.45, 2.75) is 18.9 Å². The van der Waals surface area contributed by atoms with E-state index in [4.69, 9.17) is 9.84 Å². The smallest absolute Gasteiger partial charge is 0.319 e. The SMILES string of the molecule is COC[C@](C)(CCO)NC(=O)Nc1cc(F)cc(Br)c1. The first-order valence-corrected chi connectivity index (χ1v) is 6.83. The van der Waals surface area contributed by atoms with E-state index in [0.29, 0.717) is 16.6 Å². The average molecular weight is 349 g/mol. The lowest BCUT2D eigenvalue weighted by Gasteiger charge is -2.29. The molecule has 3 N–H and O–H groups in total. The van der Waals surface area contributed by atoms with Gasteiger partial charge in [0.2, 0.25) is 0 Å². The van der Waals surface area contributed by atoms with Crippen molar-refractivity contribution in [1.82, 2.24) is 5.32 Å². The average Bonchev–Trinajstić information content (AvgIpc) is 2.26. The number of hydrogen-bond donors (Lipinski definition) is 3. The molecule has 0 bridgehead atoms. The van der Waals surface area contributed by atoms with Crippen molar-refractivity contribution in [3.63, 3.8) is 0 Å². The highest BCUT2D eigenvalue weighted by molar-refractivity contribution is 9.10. The fourth-order valence-electron chi connectivity index (χ4n) is 1.80. The minimum absolute atomic E-state index is 0.0777. The van der Waals surface area contributed by atoms with Gasteiger partial charge in [-0.1, -0.05) is 15.9 Å². The molecule has 5 nitrogen and oxygen atoms in total. The predicted octanol–water partition coefficient (Wildman–Crippen LogP) is 2.50. The van der Waals surface area contributed by atoms with Crippen LogP contribution in [0.25, 0.3) is 0 Å². The van der Waals surface area contributed by atoms with Crippen LogP contribution in [-0.2, 0) is 4.74 Å². The van der Waals surface area contributed by atoms with E-state index in [0.717, 1.165) is 0 Å². The molecule has 112 valence electrons. The monoisotopic (exact) mass is 348 g/mol. The van der Waals surface area contributed by atoms with Crippen LogP contribution in [0.2, 0.25) is 0 Å². The number of halogens is 2. The third-order valence-corrected chi connectivity index (χ3v) is 3.12. The summed E-state index contributed by atoms with van der Waals surface area (Å²) in [6, 6.07) is 3.60. The van der Waals surface area contributed by atoms with E-state index < -0.39 is 17.4 Å². The molecule has 0 radical (unpaired) electrons. The Morgan fingerprint density at radius 2 is 2.20 bits per heavy atom. The topological polar surface area (TPSA) is 70.6 Å². The maximum Gasteiger partial charge on any atom is 0.319 e. The van der Waals surface area contributed by atoms with Crippen LogP contribution < -0.4 is 10.6 Å². The molecule has 0 aliphatic heterocycles. The van der Waals surface area contributed by atoms with E-state index >= 15 is 0 Å². The maximum atomic E-state index is 13.2. The van der Waals surface area contributed by atoms with Gasteiger partial charge < -0.3 is 20.5 Å². The van der Waals surface area contributed by atoms with Crippen LogP contribution >= 0.6 is 15.9 Å². The first-order valence-electron chi connectivity index (χ1n) is 6.03. The maximum absolute atomic E-state index is 13.2. The van der Waals surface area contributed by atoms with Gasteiger partial charge >= 0.3 is 6.03 Å². The molecule has 1 aromatic carbocycles. The van der Waals surface area contributed by atoms with E-state index in [2.05, 4.69) is 26.6 Å². The molecule has 1 atom stereocenters. The Morgan fingerprint density at radius 3 is 2.75 bits per heavy atom. The number of rotatable bonds is 6. The first-order chi connectivity index (χ1) is 9.38. The zero-order valence-corrected chi connectivity index (χ0v) is 13.0. The number of ether oxygens (including phenoxy) is 1. The van der Waals surface area contributed by atoms with E-state index in [9.17, 15) is 9.18 Å². The van der Waals surface area contributed by atoms with Gasteiger partial charge in [-0.15, -0.1) is 0 Å².